The van der Waals surface area contributed by atoms with Gasteiger partial charge in [0.05, 0.1) is 21.5 Å². The molecule has 1 fully saturated rings. The van der Waals surface area contributed by atoms with Crippen LogP contribution in [0, 0.1) is 0 Å². The maximum Gasteiger partial charge on any atom is 0.320 e. The quantitative estimate of drug-likeness (QED) is 0.596. The van der Waals surface area contributed by atoms with E-state index in [4.69, 9.17) is 10.5 Å². The number of amides is 1. The number of carbonyl (C=O) groups excluding carboxylic acids is 1. The number of primary amides is 1. The fourth-order valence-electron chi connectivity index (χ4n) is 3.62. The molecule has 31 heavy (non-hydrogen) atoms. The summed E-state index contributed by atoms with van der Waals surface area (Å²) in [6.45, 7) is -2.38. The van der Waals surface area contributed by atoms with Crippen LogP contribution in [-0.2, 0) is 16.6 Å². The molecule has 1 saturated heterocycles. The number of sulfonamides is 1. The molecular formula is C20H20F2N4O4S. The van der Waals surface area contributed by atoms with Gasteiger partial charge < -0.3 is 10.5 Å². The van der Waals surface area contributed by atoms with Gasteiger partial charge in [0.15, 0.2) is 5.82 Å². The molecule has 1 amide bonds. The predicted molar refractivity (Wildman–Crippen MR) is 108 cm³/mol. The van der Waals surface area contributed by atoms with Crippen molar-refractivity contribution >= 4 is 27.0 Å². The molecule has 2 heterocycles. The Morgan fingerprint density at radius 3 is 2.55 bits per heavy atom. The lowest BCUT2D eigenvalue weighted by molar-refractivity contribution is 0.0675. The highest BCUT2D eigenvalue weighted by molar-refractivity contribution is 7.89. The molecule has 2 aromatic carbocycles. The van der Waals surface area contributed by atoms with Crippen LogP contribution >= 0.6 is 0 Å². The van der Waals surface area contributed by atoms with Crippen molar-refractivity contribution in [2.24, 2.45) is 5.73 Å². The summed E-state index contributed by atoms with van der Waals surface area (Å²) in [4.78, 5) is 16.0. The largest absolute Gasteiger partial charge is 0.485 e. The van der Waals surface area contributed by atoms with Crippen LogP contribution in [0.2, 0.25) is 0 Å². The van der Waals surface area contributed by atoms with Crippen molar-refractivity contribution in [1.29, 1.82) is 0 Å². The van der Waals surface area contributed by atoms with Crippen LogP contribution in [0.15, 0.2) is 47.4 Å². The van der Waals surface area contributed by atoms with E-state index in [-0.39, 0.29) is 34.2 Å². The van der Waals surface area contributed by atoms with Gasteiger partial charge in [-0.15, -0.1) is 0 Å². The van der Waals surface area contributed by atoms with E-state index in [1.165, 1.54) is 22.5 Å². The number of aromatic nitrogens is 2. The fourth-order valence-corrected chi connectivity index (χ4v) is 5.17. The van der Waals surface area contributed by atoms with Gasteiger partial charge in [-0.05, 0) is 43.2 Å². The minimum Gasteiger partial charge on any atom is -0.485 e. The highest BCUT2D eigenvalue weighted by atomic mass is 32.2. The van der Waals surface area contributed by atoms with Crippen molar-refractivity contribution < 1.29 is 26.7 Å². The third-order valence-corrected chi connectivity index (χ3v) is 7.03. The first kappa shape index (κ1) is 21.2. The average molecular weight is 450 g/mol. The Morgan fingerprint density at radius 1 is 1.16 bits per heavy atom. The topological polar surface area (TPSA) is 108 Å². The van der Waals surface area contributed by atoms with Gasteiger partial charge in [-0.25, -0.2) is 13.4 Å². The van der Waals surface area contributed by atoms with Gasteiger partial charge in [-0.3, -0.25) is 9.36 Å². The van der Waals surface area contributed by atoms with Gasteiger partial charge in [0.25, 0.3) is 5.91 Å². The summed E-state index contributed by atoms with van der Waals surface area (Å²) < 4.78 is 60.3. The van der Waals surface area contributed by atoms with E-state index in [1.54, 1.807) is 18.2 Å². The minimum atomic E-state index is -3.76. The zero-order chi connectivity index (χ0) is 22.2. The minimum absolute atomic E-state index is 0.0132. The van der Waals surface area contributed by atoms with Crippen LogP contribution in [0.4, 0.5) is 8.78 Å². The van der Waals surface area contributed by atoms with Gasteiger partial charge >= 0.3 is 6.55 Å². The Hall–Kier alpha value is -3.05. The normalized spacial score (nSPS) is 15.1. The lowest BCUT2D eigenvalue weighted by atomic mass is 10.2. The Bertz CT molecular complexity index is 1240. The summed E-state index contributed by atoms with van der Waals surface area (Å²) in [7, 11) is -3.76. The zero-order valence-corrected chi connectivity index (χ0v) is 17.2. The second-order valence-corrected chi connectivity index (χ2v) is 9.02. The summed E-state index contributed by atoms with van der Waals surface area (Å²) >= 11 is 0. The summed E-state index contributed by atoms with van der Waals surface area (Å²) in [5, 5.41) is 0. The van der Waals surface area contributed by atoms with Crippen LogP contribution in [0.25, 0.3) is 11.0 Å². The fraction of sp³-hybridized carbons (Fsp3) is 0.300. The molecule has 0 bridgehead atoms. The van der Waals surface area contributed by atoms with Gasteiger partial charge in [0.2, 0.25) is 10.0 Å². The lowest BCUT2D eigenvalue weighted by Gasteiger charge is -2.17. The number of para-hydroxylation sites is 2. The number of nitrogens with zero attached hydrogens (tertiary/aromatic N) is 3. The Morgan fingerprint density at radius 2 is 1.87 bits per heavy atom. The van der Waals surface area contributed by atoms with Crippen molar-refractivity contribution in [3.05, 3.63) is 53.9 Å². The van der Waals surface area contributed by atoms with E-state index in [1.807, 2.05) is 0 Å². The summed E-state index contributed by atoms with van der Waals surface area (Å²) in [5.41, 5.74) is 5.89. The van der Waals surface area contributed by atoms with Crippen LogP contribution in [0.3, 0.4) is 0 Å². The van der Waals surface area contributed by atoms with Crippen molar-refractivity contribution in [3.63, 3.8) is 0 Å². The van der Waals surface area contributed by atoms with Gasteiger partial charge in [-0.1, -0.05) is 12.1 Å². The van der Waals surface area contributed by atoms with Gasteiger partial charge in [0.1, 0.15) is 12.4 Å². The molecule has 0 aliphatic carbocycles. The molecule has 0 unspecified atom stereocenters. The first-order valence-corrected chi connectivity index (χ1v) is 11.0. The van der Waals surface area contributed by atoms with Crippen LogP contribution < -0.4 is 10.5 Å². The van der Waals surface area contributed by atoms with E-state index in [0.717, 1.165) is 23.5 Å². The average Bonchev–Trinajstić information content (AvgIpc) is 3.40. The zero-order valence-electron chi connectivity index (χ0n) is 16.4. The predicted octanol–water partition coefficient (Wildman–Crippen LogP) is 2.89. The number of halogens is 2. The standard InChI is InChI=1S/C20H20F2N4O4S/c21-20(22)26-16-6-2-1-5-15(16)24-18(26)12-30-17-8-7-13(11-14(17)19(23)27)31(28,29)25-9-3-4-10-25/h1-2,5-8,11,20H,3-4,9-10,12H2,(H2,23,27). The molecule has 11 heteroatoms. The molecule has 1 aromatic heterocycles. The molecule has 164 valence electrons. The number of nitrogens with two attached hydrogens (primary N) is 1. The number of rotatable bonds is 7. The molecule has 8 nitrogen and oxygen atoms in total. The number of carbonyl (C=O) groups is 1. The number of hydrogen-bond acceptors (Lipinski definition) is 5. The monoisotopic (exact) mass is 450 g/mol. The van der Waals surface area contributed by atoms with Crippen molar-refractivity contribution in [3.8, 4) is 5.75 Å². The van der Waals surface area contributed by atoms with Crippen molar-refractivity contribution in [2.45, 2.75) is 30.9 Å². The highest BCUT2D eigenvalue weighted by Gasteiger charge is 2.28. The highest BCUT2D eigenvalue weighted by Crippen LogP contribution is 2.28. The number of imidazole rings is 1. The summed E-state index contributed by atoms with van der Waals surface area (Å²) in [6, 6.07) is 10.2. The molecule has 2 N–H and O–H groups in total. The lowest BCUT2D eigenvalue weighted by Crippen LogP contribution is -2.28. The van der Waals surface area contributed by atoms with Gasteiger partial charge in [0, 0.05) is 13.1 Å². The molecule has 0 saturated carbocycles. The summed E-state index contributed by atoms with van der Waals surface area (Å²) in [6.07, 6.45) is 1.54. The Labute approximate surface area is 177 Å². The van der Waals surface area contributed by atoms with E-state index in [0.29, 0.717) is 18.6 Å². The van der Waals surface area contributed by atoms with E-state index < -0.39 is 22.5 Å². The molecule has 0 atom stereocenters. The maximum atomic E-state index is 13.6. The molecule has 3 aromatic rings. The first-order chi connectivity index (χ1) is 14.8. The smallest absolute Gasteiger partial charge is 0.320 e. The van der Waals surface area contributed by atoms with Gasteiger partial charge in [-0.2, -0.15) is 13.1 Å². The molecule has 0 spiro atoms. The van der Waals surface area contributed by atoms with E-state index in [2.05, 4.69) is 4.98 Å². The van der Waals surface area contributed by atoms with Crippen LogP contribution in [0.5, 0.6) is 5.75 Å². The SMILES string of the molecule is NC(=O)c1cc(S(=O)(=O)N2CCCC2)ccc1OCc1nc2ccccc2n1C(F)F. The third kappa shape index (κ3) is 3.98. The second kappa shape index (κ2) is 8.23. The van der Waals surface area contributed by atoms with E-state index in [9.17, 15) is 22.0 Å². The number of hydrogen-bond donors (Lipinski definition) is 1. The molecule has 0 radical (unpaired) electrons. The van der Waals surface area contributed by atoms with Crippen LogP contribution in [0.1, 0.15) is 35.6 Å². The Kier molecular flexibility index (Phi) is 5.63. The summed E-state index contributed by atoms with van der Waals surface area (Å²) in [5.74, 6) is -0.947. The first-order valence-electron chi connectivity index (χ1n) is 9.60. The second-order valence-electron chi connectivity index (χ2n) is 7.09. The van der Waals surface area contributed by atoms with Crippen molar-refractivity contribution in [1.82, 2.24) is 13.9 Å². The number of alkyl halides is 2. The number of benzene rings is 2. The number of fused-ring (bicyclic) bond motifs is 1. The maximum absolute atomic E-state index is 13.6. The molecule has 4 rings (SSSR count). The molecular weight excluding hydrogens is 430 g/mol. The Balaban J connectivity index is 1.64. The molecule has 1 aliphatic rings. The van der Waals surface area contributed by atoms with E-state index >= 15 is 0 Å². The molecule has 1 aliphatic heterocycles. The van der Waals surface area contributed by atoms with Crippen LogP contribution in [-0.4, -0.2) is 41.3 Å². The third-order valence-electron chi connectivity index (χ3n) is 5.14. The van der Waals surface area contributed by atoms with Crippen molar-refractivity contribution in [2.75, 3.05) is 13.1 Å². The number of ether oxygens (including phenoxy) is 1.